The van der Waals surface area contributed by atoms with Crippen LogP contribution in [0.15, 0.2) is 48.5 Å². The second kappa shape index (κ2) is 15.7. The van der Waals surface area contributed by atoms with Crippen LogP contribution in [0.3, 0.4) is 0 Å². The van der Waals surface area contributed by atoms with Gasteiger partial charge in [0.1, 0.15) is 19.3 Å². The topological polar surface area (TPSA) is 199 Å². The molecule has 0 bridgehead atoms. The number of benzene rings is 2. The third-order valence-electron chi connectivity index (χ3n) is 7.65. The summed E-state index contributed by atoms with van der Waals surface area (Å²) in [6.07, 6.45) is -9.95. The molecule has 2 aromatic rings. The number of rotatable bonds is 12. The van der Waals surface area contributed by atoms with Gasteiger partial charge in [0.2, 0.25) is 0 Å². The van der Waals surface area contributed by atoms with Crippen molar-refractivity contribution in [2.45, 2.75) is 83.4 Å². The molecule has 1 aliphatic carbocycles. The molecule has 0 unspecified atom stereocenters. The molecule has 1 aliphatic heterocycles. The number of hydrogen-bond acceptors (Lipinski definition) is 13. The lowest BCUT2D eigenvalue weighted by Crippen LogP contribution is -2.64. The van der Waals surface area contributed by atoms with Crippen molar-refractivity contribution < 1.29 is 67.0 Å². The molecule has 1 amide bonds. The number of ether oxygens (including phenoxy) is 7. The Hall–Kier alpha value is -5.02. The molecule has 48 heavy (non-hydrogen) atoms. The van der Waals surface area contributed by atoms with E-state index in [1.807, 2.05) is 48.5 Å². The second-order valence-electron chi connectivity index (χ2n) is 11.2. The predicted molar refractivity (Wildman–Crippen MR) is 162 cm³/mol. The third kappa shape index (κ3) is 8.66. The van der Waals surface area contributed by atoms with Gasteiger partial charge in [-0.3, -0.25) is 19.2 Å². The maximum absolute atomic E-state index is 13.0. The number of carbonyl (C=O) groups excluding carboxylic acids is 5. The fourth-order valence-electron chi connectivity index (χ4n) is 5.74. The van der Waals surface area contributed by atoms with Gasteiger partial charge in [-0.25, -0.2) is 9.59 Å². The van der Waals surface area contributed by atoms with Crippen molar-refractivity contribution in [3.05, 3.63) is 59.7 Å². The minimum Gasteiger partial charge on any atom is -0.480 e. The van der Waals surface area contributed by atoms with Crippen LogP contribution in [0.4, 0.5) is 4.79 Å². The summed E-state index contributed by atoms with van der Waals surface area (Å²) in [5.74, 6) is -5.03. The number of esters is 4. The van der Waals surface area contributed by atoms with Crippen LogP contribution in [0.25, 0.3) is 11.1 Å². The highest BCUT2D eigenvalue weighted by atomic mass is 16.7. The number of carbonyl (C=O) groups is 6. The van der Waals surface area contributed by atoms with Gasteiger partial charge in [0.25, 0.3) is 0 Å². The first kappa shape index (κ1) is 35.8. The SMILES string of the molecule is CC(=O)OC[C@H]1O[C@@H](O[C@H](C)[C@@H](NC(=O)OCC2c3ccccc3-c3ccccc32)C(=O)O)[C@H](OC(C)=O)[C@@H](OC(C)=O)[C@@H]1OC(C)=O. The minimum absolute atomic E-state index is 0.0822. The average Bonchev–Trinajstić information content (AvgIpc) is 3.33. The molecule has 0 radical (unpaired) electrons. The van der Waals surface area contributed by atoms with E-state index in [1.165, 1.54) is 6.92 Å². The van der Waals surface area contributed by atoms with Gasteiger partial charge in [-0.05, 0) is 29.2 Å². The summed E-state index contributed by atoms with van der Waals surface area (Å²) in [5.41, 5.74) is 3.94. The van der Waals surface area contributed by atoms with Gasteiger partial charge in [0.05, 0.1) is 6.10 Å². The lowest BCUT2D eigenvalue weighted by atomic mass is 9.98. The van der Waals surface area contributed by atoms with Crippen LogP contribution >= 0.6 is 0 Å². The first-order valence-corrected chi connectivity index (χ1v) is 15.1. The van der Waals surface area contributed by atoms with Gasteiger partial charge in [-0.15, -0.1) is 0 Å². The van der Waals surface area contributed by atoms with Gasteiger partial charge < -0.3 is 43.6 Å². The molecule has 0 saturated carbocycles. The molecule has 15 nitrogen and oxygen atoms in total. The Morgan fingerprint density at radius 3 is 1.77 bits per heavy atom. The van der Waals surface area contributed by atoms with Gasteiger partial charge in [0, 0.05) is 33.6 Å². The van der Waals surface area contributed by atoms with Crippen LogP contribution in [0.1, 0.15) is 51.7 Å². The Kier molecular flexibility index (Phi) is 11.7. The molecule has 15 heteroatoms. The predicted octanol–water partition coefficient (Wildman–Crippen LogP) is 2.47. The number of aliphatic carboxylic acids is 1. The lowest BCUT2D eigenvalue weighted by molar-refractivity contribution is -0.316. The molecule has 7 atom stereocenters. The minimum atomic E-state index is -1.72. The molecule has 2 aliphatic rings. The van der Waals surface area contributed by atoms with E-state index in [2.05, 4.69) is 5.32 Å². The van der Waals surface area contributed by atoms with E-state index in [0.717, 1.165) is 49.9 Å². The van der Waals surface area contributed by atoms with E-state index < -0.39 is 85.4 Å². The number of alkyl carbamates (subject to hydrolysis) is 1. The molecule has 0 spiro atoms. The summed E-state index contributed by atoms with van der Waals surface area (Å²) in [4.78, 5) is 73.0. The van der Waals surface area contributed by atoms with Crippen molar-refractivity contribution >= 4 is 35.9 Å². The Labute approximate surface area is 275 Å². The van der Waals surface area contributed by atoms with Crippen molar-refractivity contribution in [3.8, 4) is 11.1 Å². The number of carboxylic acids is 1. The number of nitrogens with one attached hydrogen (secondary N) is 1. The van der Waals surface area contributed by atoms with E-state index in [-0.39, 0.29) is 12.5 Å². The Bertz CT molecular complexity index is 1500. The fourth-order valence-corrected chi connectivity index (χ4v) is 5.74. The van der Waals surface area contributed by atoms with Gasteiger partial charge >= 0.3 is 35.9 Å². The third-order valence-corrected chi connectivity index (χ3v) is 7.65. The van der Waals surface area contributed by atoms with E-state index in [9.17, 15) is 33.9 Å². The van der Waals surface area contributed by atoms with Crippen LogP contribution < -0.4 is 5.32 Å². The standard InChI is InChI=1S/C33H37NO14/c1-16(27(31(39)40)34-33(41)43-14-25-23-12-8-6-10-21(23)22-11-7-9-13-24(22)25)44-32-30(47-20(5)38)29(46-19(4)37)28(45-18(3)36)26(48-32)15-42-17(2)35/h6-13,16,25-30,32H,14-15H2,1-5H3,(H,34,41)(H,39,40)/t16-,26-,27-,28-,29+,30-,32-/m1/s1. The maximum atomic E-state index is 13.0. The van der Waals surface area contributed by atoms with E-state index in [1.54, 1.807) is 0 Å². The van der Waals surface area contributed by atoms with Crippen molar-refractivity contribution in [3.63, 3.8) is 0 Å². The lowest BCUT2D eigenvalue weighted by Gasteiger charge is -2.44. The van der Waals surface area contributed by atoms with Crippen molar-refractivity contribution in [1.82, 2.24) is 5.32 Å². The van der Waals surface area contributed by atoms with Gasteiger partial charge in [0.15, 0.2) is 30.6 Å². The van der Waals surface area contributed by atoms with Gasteiger partial charge in [-0.1, -0.05) is 48.5 Å². The fraction of sp³-hybridized carbons (Fsp3) is 0.455. The zero-order chi connectivity index (χ0) is 35.1. The largest absolute Gasteiger partial charge is 0.480 e. The summed E-state index contributed by atoms with van der Waals surface area (Å²) in [6, 6.07) is 13.7. The Balaban J connectivity index is 1.52. The van der Waals surface area contributed by atoms with Crippen LogP contribution in [-0.2, 0) is 57.1 Å². The first-order chi connectivity index (χ1) is 22.8. The van der Waals surface area contributed by atoms with Crippen molar-refractivity contribution in [2.24, 2.45) is 0 Å². The van der Waals surface area contributed by atoms with Crippen LogP contribution in [0.5, 0.6) is 0 Å². The van der Waals surface area contributed by atoms with E-state index >= 15 is 0 Å². The highest BCUT2D eigenvalue weighted by Crippen LogP contribution is 2.44. The van der Waals surface area contributed by atoms with Crippen LogP contribution in [0.2, 0.25) is 0 Å². The van der Waals surface area contributed by atoms with Crippen LogP contribution in [-0.4, -0.2) is 97.1 Å². The Morgan fingerprint density at radius 2 is 1.25 bits per heavy atom. The molecule has 258 valence electrons. The number of amides is 1. The molecular formula is C33H37NO14. The molecule has 1 fully saturated rings. The molecule has 2 N–H and O–H groups in total. The Morgan fingerprint density at radius 1 is 0.729 bits per heavy atom. The summed E-state index contributed by atoms with van der Waals surface area (Å²) in [7, 11) is 0. The van der Waals surface area contributed by atoms with Crippen molar-refractivity contribution in [1.29, 1.82) is 0 Å². The maximum Gasteiger partial charge on any atom is 0.407 e. The quantitative estimate of drug-likeness (QED) is 0.246. The normalized spacial score (nSPS) is 22.6. The monoisotopic (exact) mass is 671 g/mol. The summed E-state index contributed by atoms with van der Waals surface area (Å²) in [6.45, 7) is 5.02. The first-order valence-electron chi connectivity index (χ1n) is 15.1. The summed E-state index contributed by atoms with van der Waals surface area (Å²) >= 11 is 0. The average molecular weight is 672 g/mol. The van der Waals surface area contributed by atoms with Gasteiger partial charge in [-0.2, -0.15) is 0 Å². The van der Waals surface area contributed by atoms with E-state index in [4.69, 9.17) is 33.2 Å². The second-order valence-corrected chi connectivity index (χ2v) is 11.2. The van der Waals surface area contributed by atoms with E-state index in [0.29, 0.717) is 0 Å². The highest BCUT2D eigenvalue weighted by Gasteiger charge is 2.53. The van der Waals surface area contributed by atoms with Crippen molar-refractivity contribution in [2.75, 3.05) is 13.2 Å². The molecule has 4 rings (SSSR count). The number of fused-ring (bicyclic) bond motifs is 3. The molecule has 1 saturated heterocycles. The zero-order valence-corrected chi connectivity index (χ0v) is 26.9. The highest BCUT2D eigenvalue weighted by molar-refractivity contribution is 5.81. The molecule has 1 heterocycles. The number of hydrogen-bond donors (Lipinski definition) is 2. The van der Waals surface area contributed by atoms with Crippen LogP contribution in [0, 0.1) is 0 Å². The zero-order valence-electron chi connectivity index (χ0n) is 26.9. The number of carboxylic acid groups (broad SMARTS) is 1. The molecule has 0 aromatic heterocycles. The smallest absolute Gasteiger partial charge is 0.407 e. The summed E-state index contributed by atoms with van der Waals surface area (Å²) in [5, 5.41) is 12.3. The summed E-state index contributed by atoms with van der Waals surface area (Å²) < 4.78 is 38.3. The molecular weight excluding hydrogens is 634 g/mol. The molecule has 2 aromatic carbocycles.